The standard InChI is InChI=1S/C15H21NO3S/c1-12-10-13(20(2,18)19)7-8-14(12)15-6-4-3-5-9-16(15)11-17/h7-8,10-11,15H,3-6,9H2,1-2H3. The van der Waals surface area contributed by atoms with E-state index in [0.717, 1.165) is 49.8 Å². The zero-order valence-electron chi connectivity index (χ0n) is 12.0. The van der Waals surface area contributed by atoms with Crippen LogP contribution in [-0.2, 0) is 14.6 Å². The average molecular weight is 295 g/mol. The van der Waals surface area contributed by atoms with Crippen LogP contribution in [0, 0.1) is 6.92 Å². The highest BCUT2D eigenvalue weighted by Crippen LogP contribution is 2.31. The molecule has 0 spiro atoms. The summed E-state index contributed by atoms with van der Waals surface area (Å²) in [5, 5.41) is 0. The van der Waals surface area contributed by atoms with Crippen molar-refractivity contribution in [2.45, 2.75) is 43.5 Å². The number of hydrogen-bond acceptors (Lipinski definition) is 3. The van der Waals surface area contributed by atoms with Crippen LogP contribution in [0.4, 0.5) is 0 Å². The van der Waals surface area contributed by atoms with E-state index in [2.05, 4.69) is 0 Å². The molecule has 0 radical (unpaired) electrons. The third-order valence-corrected chi connectivity index (χ3v) is 5.07. The van der Waals surface area contributed by atoms with E-state index < -0.39 is 9.84 Å². The highest BCUT2D eigenvalue weighted by Gasteiger charge is 2.23. The molecular formula is C15H21NO3S. The molecule has 1 aromatic rings. The van der Waals surface area contributed by atoms with Crippen LogP contribution < -0.4 is 0 Å². The van der Waals surface area contributed by atoms with Crippen molar-refractivity contribution in [2.75, 3.05) is 12.8 Å². The molecule has 0 aliphatic carbocycles. The second kappa shape index (κ2) is 5.95. The van der Waals surface area contributed by atoms with E-state index in [9.17, 15) is 13.2 Å². The minimum Gasteiger partial charge on any atom is -0.338 e. The topological polar surface area (TPSA) is 54.5 Å². The van der Waals surface area contributed by atoms with Gasteiger partial charge in [-0.1, -0.05) is 18.9 Å². The van der Waals surface area contributed by atoms with E-state index in [-0.39, 0.29) is 6.04 Å². The molecule has 4 nitrogen and oxygen atoms in total. The number of benzene rings is 1. The number of carbonyl (C=O) groups excluding carboxylic acids is 1. The number of carbonyl (C=O) groups is 1. The van der Waals surface area contributed by atoms with Gasteiger partial charge in [0, 0.05) is 12.8 Å². The SMILES string of the molecule is Cc1cc(S(C)(=O)=O)ccc1C1CCCCCN1C=O. The third-order valence-electron chi connectivity index (χ3n) is 3.96. The van der Waals surface area contributed by atoms with E-state index in [0.29, 0.717) is 4.90 Å². The number of rotatable bonds is 3. The minimum atomic E-state index is -3.18. The molecule has 1 amide bonds. The maximum atomic E-state index is 11.6. The van der Waals surface area contributed by atoms with E-state index in [1.165, 1.54) is 6.26 Å². The van der Waals surface area contributed by atoms with Gasteiger partial charge in [0.25, 0.3) is 0 Å². The monoisotopic (exact) mass is 295 g/mol. The second-order valence-electron chi connectivity index (χ2n) is 5.50. The molecule has 1 unspecified atom stereocenters. The summed E-state index contributed by atoms with van der Waals surface area (Å²) in [7, 11) is -3.18. The lowest BCUT2D eigenvalue weighted by molar-refractivity contribution is -0.120. The molecule has 1 atom stereocenters. The molecule has 1 saturated heterocycles. The Morgan fingerprint density at radius 1 is 1.25 bits per heavy atom. The Kier molecular flexibility index (Phi) is 4.48. The van der Waals surface area contributed by atoms with Gasteiger partial charge in [-0.25, -0.2) is 8.42 Å². The van der Waals surface area contributed by atoms with E-state index in [1.54, 1.807) is 12.1 Å². The van der Waals surface area contributed by atoms with E-state index >= 15 is 0 Å². The van der Waals surface area contributed by atoms with Crippen LogP contribution >= 0.6 is 0 Å². The molecule has 1 aliphatic rings. The fourth-order valence-corrected chi connectivity index (χ4v) is 3.55. The van der Waals surface area contributed by atoms with Crippen molar-refractivity contribution in [1.29, 1.82) is 0 Å². The van der Waals surface area contributed by atoms with Crippen LogP contribution in [0.5, 0.6) is 0 Å². The summed E-state index contributed by atoms with van der Waals surface area (Å²) in [5.41, 5.74) is 2.00. The van der Waals surface area contributed by atoms with Crippen molar-refractivity contribution in [3.63, 3.8) is 0 Å². The maximum absolute atomic E-state index is 11.6. The molecule has 5 heteroatoms. The second-order valence-corrected chi connectivity index (χ2v) is 7.51. The predicted octanol–water partition coefficient (Wildman–Crippen LogP) is 2.47. The van der Waals surface area contributed by atoms with Gasteiger partial charge in [-0.2, -0.15) is 0 Å². The van der Waals surface area contributed by atoms with Gasteiger partial charge in [-0.3, -0.25) is 4.79 Å². The molecule has 2 rings (SSSR count). The van der Waals surface area contributed by atoms with Gasteiger partial charge >= 0.3 is 0 Å². The highest BCUT2D eigenvalue weighted by molar-refractivity contribution is 7.90. The Hall–Kier alpha value is -1.36. The van der Waals surface area contributed by atoms with Crippen LogP contribution in [-0.4, -0.2) is 32.5 Å². The molecular weight excluding hydrogens is 274 g/mol. The zero-order valence-corrected chi connectivity index (χ0v) is 12.8. The van der Waals surface area contributed by atoms with Crippen molar-refractivity contribution in [2.24, 2.45) is 0 Å². The molecule has 20 heavy (non-hydrogen) atoms. The molecule has 110 valence electrons. The van der Waals surface area contributed by atoms with Crippen LogP contribution in [0.15, 0.2) is 23.1 Å². The lowest BCUT2D eigenvalue weighted by atomic mass is 9.97. The number of hydrogen-bond donors (Lipinski definition) is 0. The Morgan fingerprint density at radius 3 is 2.60 bits per heavy atom. The van der Waals surface area contributed by atoms with Gasteiger partial charge in [-0.05, 0) is 43.0 Å². The van der Waals surface area contributed by atoms with Crippen molar-refractivity contribution < 1.29 is 13.2 Å². The van der Waals surface area contributed by atoms with Crippen LogP contribution in [0.1, 0.15) is 42.9 Å². The van der Waals surface area contributed by atoms with E-state index in [4.69, 9.17) is 0 Å². The highest BCUT2D eigenvalue weighted by atomic mass is 32.2. The maximum Gasteiger partial charge on any atom is 0.210 e. The minimum absolute atomic E-state index is 0.0728. The smallest absolute Gasteiger partial charge is 0.210 e. The number of sulfone groups is 1. The molecule has 1 aromatic carbocycles. The normalized spacial score (nSPS) is 20.5. The molecule has 0 saturated carbocycles. The van der Waals surface area contributed by atoms with Gasteiger partial charge in [-0.15, -0.1) is 0 Å². The summed E-state index contributed by atoms with van der Waals surface area (Å²) < 4.78 is 23.2. The Labute approximate surface area is 120 Å². The first-order valence-corrected chi connectivity index (χ1v) is 8.84. The largest absolute Gasteiger partial charge is 0.338 e. The Morgan fingerprint density at radius 2 is 2.00 bits per heavy atom. The molecule has 1 fully saturated rings. The molecule has 0 aromatic heterocycles. The summed E-state index contributed by atoms with van der Waals surface area (Å²) >= 11 is 0. The van der Waals surface area contributed by atoms with Crippen molar-refractivity contribution in [3.8, 4) is 0 Å². The Bertz CT molecular complexity index is 595. The lowest BCUT2D eigenvalue weighted by Crippen LogP contribution is -2.27. The third kappa shape index (κ3) is 3.20. The average Bonchev–Trinajstić information content (AvgIpc) is 2.62. The van der Waals surface area contributed by atoms with Gasteiger partial charge in [0.2, 0.25) is 6.41 Å². The van der Waals surface area contributed by atoms with Crippen LogP contribution in [0.25, 0.3) is 0 Å². The van der Waals surface area contributed by atoms with Crippen molar-refractivity contribution in [1.82, 2.24) is 4.90 Å². The van der Waals surface area contributed by atoms with Crippen molar-refractivity contribution in [3.05, 3.63) is 29.3 Å². The number of aryl methyl sites for hydroxylation is 1. The quantitative estimate of drug-likeness (QED) is 0.805. The lowest BCUT2D eigenvalue weighted by Gasteiger charge is -2.28. The number of likely N-dealkylation sites (tertiary alicyclic amines) is 1. The molecule has 0 bridgehead atoms. The molecule has 1 aliphatic heterocycles. The molecule has 0 N–H and O–H groups in total. The summed E-state index contributed by atoms with van der Waals surface area (Å²) in [5.74, 6) is 0. The van der Waals surface area contributed by atoms with Crippen molar-refractivity contribution >= 4 is 16.2 Å². The molecule has 1 heterocycles. The Balaban J connectivity index is 2.38. The number of nitrogens with zero attached hydrogens (tertiary/aromatic N) is 1. The van der Waals surface area contributed by atoms with Crippen LogP contribution in [0.2, 0.25) is 0 Å². The fourth-order valence-electron chi connectivity index (χ4n) is 2.84. The fraction of sp³-hybridized carbons (Fsp3) is 0.533. The first-order valence-electron chi connectivity index (χ1n) is 6.95. The van der Waals surface area contributed by atoms with Gasteiger partial charge < -0.3 is 4.90 Å². The van der Waals surface area contributed by atoms with Gasteiger partial charge in [0.1, 0.15) is 0 Å². The summed E-state index contributed by atoms with van der Waals surface area (Å²) in [6, 6.07) is 5.28. The van der Waals surface area contributed by atoms with Gasteiger partial charge in [0.05, 0.1) is 10.9 Å². The van der Waals surface area contributed by atoms with Gasteiger partial charge in [0.15, 0.2) is 9.84 Å². The van der Waals surface area contributed by atoms with E-state index in [1.807, 2.05) is 17.9 Å². The summed E-state index contributed by atoms with van der Waals surface area (Å²) in [6.07, 6.45) is 6.35. The number of amides is 1. The summed E-state index contributed by atoms with van der Waals surface area (Å²) in [6.45, 7) is 2.69. The summed E-state index contributed by atoms with van der Waals surface area (Å²) in [4.78, 5) is 13.4. The first kappa shape index (κ1) is 15.0. The predicted molar refractivity (Wildman–Crippen MR) is 78.3 cm³/mol. The van der Waals surface area contributed by atoms with Crippen LogP contribution in [0.3, 0.4) is 0 Å². The zero-order chi connectivity index (χ0) is 14.8. The first-order chi connectivity index (χ1) is 9.43.